The molecule has 0 atom stereocenters. The highest BCUT2D eigenvalue weighted by atomic mass is 14.9. The second kappa shape index (κ2) is 5.45. The third-order valence-electron chi connectivity index (χ3n) is 4.85. The van der Waals surface area contributed by atoms with Crippen molar-refractivity contribution in [2.45, 2.75) is 20.7 Å². The van der Waals surface area contributed by atoms with Crippen LogP contribution >= 0.6 is 0 Å². The minimum atomic E-state index is -2.10. The Labute approximate surface area is 147 Å². The molecule has 0 bridgehead atoms. The molecule has 1 nitrogen and oxygen atoms in total. The van der Waals surface area contributed by atoms with Crippen molar-refractivity contribution in [3.8, 4) is 11.3 Å². The lowest BCUT2D eigenvalue weighted by molar-refractivity contribution is -0.660. The highest BCUT2D eigenvalue weighted by molar-refractivity contribution is 6.08. The second-order valence-electron chi connectivity index (χ2n) is 6.54. The maximum atomic E-state index is 7.75. The van der Waals surface area contributed by atoms with Crippen LogP contribution in [0.25, 0.3) is 32.8 Å². The first-order valence-electron chi connectivity index (χ1n) is 9.69. The van der Waals surface area contributed by atoms with E-state index in [1.165, 1.54) is 27.1 Å². The van der Waals surface area contributed by atoms with Gasteiger partial charge in [-0.05, 0) is 59.4 Å². The third kappa shape index (κ3) is 2.28. The summed E-state index contributed by atoms with van der Waals surface area (Å²) in [5.74, 6) is 0. The molecule has 4 aromatic rings. The van der Waals surface area contributed by atoms with Gasteiger partial charge in [0, 0.05) is 21.3 Å². The molecule has 4 rings (SSSR count). The van der Waals surface area contributed by atoms with E-state index in [-0.39, 0.29) is 0 Å². The highest BCUT2D eigenvalue weighted by Crippen LogP contribution is 2.31. The van der Waals surface area contributed by atoms with E-state index in [2.05, 4.69) is 55.5 Å². The summed E-state index contributed by atoms with van der Waals surface area (Å²) in [4.78, 5) is 0. The zero-order valence-corrected chi connectivity index (χ0v) is 14.2. The number of hydrogen-bond acceptors (Lipinski definition) is 0. The van der Waals surface area contributed by atoms with Crippen molar-refractivity contribution in [1.82, 2.24) is 0 Å². The van der Waals surface area contributed by atoms with Gasteiger partial charge in [-0.25, -0.2) is 4.57 Å². The molecule has 3 aromatic carbocycles. The van der Waals surface area contributed by atoms with Crippen LogP contribution in [-0.4, -0.2) is 0 Å². The fourth-order valence-electron chi connectivity index (χ4n) is 3.46. The van der Waals surface area contributed by atoms with Crippen molar-refractivity contribution in [3.63, 3.8) is 0 Å². The first-order valence-corrected chi connectivity index (χ1v) is 8.19. The number of hydrogen-bond donors (Lipinski definition) is 0. The summed E-state index contributed by atoms with van der Waals surface area (Å²) in [5.41, 5.74) is 4.52. The molecule has 118 valence electrons. The van der Waals surface area contributed by atoms with Gasteiger partial charge in [0.05, 0.1) is 0 Å². The minimum Gasteiger partial charge on any atom is -0.201 e. The van der Waals surface area contributed by atoms with Gasteiger partial charge in [0.2, 0.25) is 5.69 Å². The summed E-state index contributed by atoms with van der Waals surface area (Å²) < 4.78 is 25.2. The van der Waals surface area contributed by atoms with Gasteiger partial charge in [-0.3, -0.25) is 0 Å². The number of aryl methyl sites for hydroxylation is 4. The van der Waals surface area contributed by atoms with Crippen LogP contribution in [0.15, 0.2) is 60.8 Å². The fourth-order valence-corrected chi connectivity index (χ4v) is 3.46. The Morgan fingerprint density at radius 2 is 1.58 bits per heavy atom. The molecule has 0 radical (unpaired) electrons. The average Bonchev–Trinajstić information content (AvgIpc) is 2.62. The lowest BCUT2D eigenvalue weighted by atomic mass is 9.94. The zero-order valence-electron chi connectivity index (χ0n) is 17.2. The van der Waals surface area contributed by atoms with E-state index in [0.717, 1.165) is 16.8 Å². The number of benzene rings is 3. The predicted octanol–water partition coefficient (Wildman–Crippen LogP) is 5.41. The molecule has 0 spiro atoms. The first-order chi connectivity index (χ1) is 12.8. The van der Waals surface area contributed by atoms with E-state index < -0.39 is 6.85 Å². The summed E-state index contributed by atoms with van der Waals surface area (Å²) in [5, 5.41) is 4.88. The normalized spacial score (nSPS) is 13.7. The van der Waals surface area contributed by atoms with Crippen molar-refractivity contribution in [1.29, 1.82) is 0 Å². The van der Waals surface area contributed by atoms with Crippen LogP contribution in [0.2, 0.25) is 0 Å². The molecular weight excluding hydrogens is 290 g/mol. The van der Waals surface area contributed by atoms with E-state index in [9.17, 15) is 0 Å². The van der Waals surface area contributed by atoms with E-state index in [4.69, 9.17) is 4.11 Å². The Hall–Kier alpha value is -2.67. The molecule has 0 aliphatic carbocycles. The number of aromatic nitrogens is 1. The van der Waals surface area contributed by atoms with Crippen LogP contribution in [0.1, 0.15) is 20.8 Å². The summed E-state index contributed by atoms with van der Waals surface area (Å²) in [6.45, 7) is 1.88. The van der Waals surface area contributed by atoms with E-state index >= 15 is 0 Å². The van der Waals surface area contributed by atoms with Crippen LogP contribution in [-0.2, 0) is 7.05 Å². The fraction of sp³-hybridized carbons (Fsp3) is 0.174. The van der Waals surface area contributed by atoms with Crippen LogP contribution in [0.5, 0.6) is 0 Å². The topological polar surface area (TPSA) is 3.88 Å². The highest BCUT2D eigenvalue weighted by Gasteiger charge is 2.15. The minimum absolute atomic E-state index is 0.401. The lowest BCUT2D eigenvalue weighted by Gasteiger charge is -2.11. The van der Waals surface area contributed by atoms with Gasteiger partial charge in [0.1, 0.15) is 7.05 Å². The standard InChI is InChI=1S/C23H22N/c1-15-12-23(24(4)14-17(15)3)21-13-22-19(11-16(21)2)10-9-18-7-5-6-8-20(18)22/h5-14H,1-4H3/q+1/i3D3. The van der Waals surface area contributed by atoms with Crippen LogP contribution < -0.4 is 4.57 Å². The molecule has 1 aromatic heterocycles. The molecule has 0 N–H and O–H groups in total. The molecule has 0 amide bonds. The molecule has 0 aliphatic rings. The van der Waals surface area contributed by atoms with Crippen LogP contribution in [0, 0.1) is 20.7 Å². The van der Waals surface area contributed by atoms with Gasteiger partial charge in [-0.2, -0.15) is 0 Å². The molecule has 1 heteroatoms. The van der Waals surface area contributed by atoms with Crippen molar-refractivity contribution < 1.29 is 8.68 Å². The lowest BCUT2D eigenvalue weighted by Crippen LogP contribution is -2.31. The number of rotatable bonds is 1. The number of nitrogens with zero attached hydrogens (tertiary/aromatic N) is 1. The maximum Gasteiger partial charge on any atom is 0.212 e. The molecule has 0 saturated carbocycles. The SMILES string of the molecule is [2H]C([2H])([2H])c1c[n+](C)c(-c2cc3c(ccc4ccccc43)cc2C)cc1C. The van der Waals surface area contributed by atoms with Gasteiger partial charge < -0.3 is 0 Å². The van der Waals surface area contributed by atoms with Crippen molar-refractivity contribution in [2.24, 2.45) is 7.05 Å². The van der Waals surface area contributed by atoms with Crippen molar-refractivity contribution >= 4 is 21.5 Å². The molecule has 0 unspecified atom stereocenters. The molecule has 1 heterocycles. The first kappa shape index (κ1) is 11.8. The quantitative estimate of drug-likeness (QED) is 0.327. The maximum absolute atomic E-state index is 7.75. The largest absolute Gasteiger partial charge is 0.212 e. The van der Waals surface area contributed by atoms with Gasteiger partial charge in [0.15, 0.2) is 6.20 Å². The Morgan fingerprint density at radius 3 is 2.42 bits per heavy atom. The summed E-state index contributed by atoms with van der Waals surface area (Å²) in [7, 11) is 1.91. The zero-order chi connectivity index (χ0) is 19.3. The number of pyridine rings is 1. The van der Waals surface area contributed by atoms with Crippen LogP contribution in [0.4, 0.5) is 0 Å². The Kier molecular flexibility index (Phi) is 2.68. The Morgan fingerprint density at radius 1 is 0.792 bits per heavy atom. The Balaban J connectivity index is 2.00. The molecule has 0 saturated heterocycles. The van der Waals surface area contributed by atoms with Gasteiger partial charge >= 0.3 is 0 Å². The Bertz CT molecular complexity index is 1190. The molecule has 24 heavy (non-hydrogen) atoms. The number of fused-ring (bicyclic) bond motifs is 3. The molecule has 0 fully saturated rings. The van der Waals surface area contributed by atoms with Crippen molar-refractivity contribution in [3.05, 3.63) is 77.5 Å². The predicted molar refractivity (Wildman–Crippen MR) is 102 cm³/mol. The van der Waals surface area contributed by atoms with Crippen LogP contribution in [0.3, 0.4) is 0 Å². The monoisotopic (exact) mass is 315 g/mol. The molecule has 0 aliphatic heterocycles. The van der Waals surface area contributed by atoms with E-state index in [1.807, 2.05) is 24.6 Å². The summed E-state index contributed by atoms with van der Waals surface area (Å²) >= 11 is 0. The smallest absolute Gasteiger partial charge is 0.201 e. The van der Waals surface area contributed by atoms with Gasteiger partial charge in [-0.15, -0.1) is 0 Å². The second-order valence-corrected chi connectivity index (χ2v) is 6.54. The summed E-state index contributed by atoms with van der Waals surface area (Å²) in [6.07, 6.45) is 1.74. The van der Waals surface area contributed by atoms with Gasteiger partial charge in [0.25, 0.3) is 0 Å². The van der Waals surface area contributed by atoms with E-state index in [1.54, 1.807) is 6.20 Å². The van der Waals surface area contributed by atoms with Crippen molar-refractivity contribution in [2.75, 3.05) is 0 Å². The third-order valence-corrected chi connectivity index (χ3v) is 4.85. The van der Waals surface area contributed by atoms with E-state index in [0.29, 0.717) is 5.56 Å². The average molecular weight is 315 g/mol. The summed E-state index contributed by atoms with van der Waals surface area (Å²) in [6, 6.07) is 19.2. The molecular formula is C23H22N+. The van der Waals surface area contributed by atoms with Gasteiger partial charge in [-0.1, -0.05) is 42.5 Å².